The molecule has 3 nitrogen and oxygen atoms in total. The van der Waals surface area contributed by atoms with Crippen LogP contribution in [-0.2, 0) is 6.54 Å². The van der Waals surface area contributed by atoms with Crippen molar-refractivity contribution in [3.63, 3.8) is 0 Å². The van der Waals surface area contributed by atoms with Gasteiger partial charge < -0.3 is 0 Å². The highest BCUT2D eigenvalue weighted by atomic mass is 79.9. The minimum Gasteiger partial charge on any atom is -0.295 e. The SMILES string of the molecule is CN(CC(=O)c1sccc1Br)Cc1ccncc1. The molecule has 18 heavy (non-hydrogen) atoms. The number of halogens is 1. The van der Waals surface area contributed by atoms with E-state index < -0.39 is 0 Å². The molecule has 0 aromatic carbocycles. The fourth-order valence-corrected chi connectivity index (χ4v) is 3.19. The first-order chi connectivity index (χ1) is 8.66. The third-order valence-electron chi connectivity index (χ3n) is 2.49. The van der Waals surface area contributed by atoms with E-state index >= 15 is 0 Å². The number of carbonyl (C=O) groups excluding carboxylic acids is 1. The highest BCUT2D eigenvalue weighted by Crippen LogP contribution is 2.23. The Bertz CT molecular complexity index is 527. The van der Waals surface area contributed by atoms with Gasteiger partial charge in [-0.25, -0.2) is 0 Å². The molecule has 0 fully saturated rings. The smallest absolute Gasteiger partial charge is 0.187 e. The number of ketones is 1. The lowest BCUT2D eigenvalue weighted by atomic mass is 10.2. The van der Waals surface area contributed by atoms with Crippen molar-refractivity contribution >= 4 is 33.0 Å². The van der Waals surface area contributed by atoms with E-state index in [2.05, 4.69) is 20.9 Å². The van der Waals surface area contributed by atoms with Crippen molar-refractivity contribution in [3.05, 3.63) is 50.9 Å². The molecule has 0 N–H and O–H groups in total. The molecule has 0 saturated heterocycles. The Hall–Kier alpha value is -1.04. The molecule has 0 aliphatic heterocycles. The molecular formula is C13H13BrN2OS. The van der Waals surface area contributed by atoms with Gasteiger partial charge in [0.25, 0.3) is 0 Å². The summed E-state index contributed by atoms with van der Waals surface area (Å²) < 4.78 is 0.884. The zero-order valence-electron chi connectivity index (χ0n) is 9.97. The number of hydrogen-bond acceptors (Lipinski definition) is 4. The molecule has 0 amide bonds. The van der Waals surface area contributed by atoms with Crippen LogP contribution < -0.4 is 0 Å². The van der Waals surface area contributed by atoms with Crippen molar-refractivity contribution in [3.8, 4) is 0 Å². The van der Waals surface area contributed by atoms with Gasteiger partial charge in [-0.2, -0.15) is 0 Å². The average molecular weight is 325 g/mol. The van der Waals surface area contributed by atoms with Gasteiger partial charge in [0.1, 0.15) is 0 Å². The molecule has 94 valence electrons. The number of carbonyl (C=O) groups is 1. The van der Waals surface area contributed by atoms with Gasteiger partial charge >= 0.3 is 0 Å². The predicted molar refractivity (Wildman–Crippen MR) is 76.9 cm³/mol. The molecule has 2 aromatic rings. The van der Waals surface area contributed by atoms with Gasteiger partial charge in [-0.3, -0.25) is 14.7 Å². The van der Waals surface area contributed by atoms with E-state index in [1.54, 1.807) is 12.4 Å². The van der Waals surface area contributed by atoms with Crippen LogP contribution in [0.5, 0.6) is 0 Å². The Labute approximate surface area is 119 Å². The summed E-state index contributed by atoms with van der Waals surface area (Å²) in [6, 6.07) is 5.82. The summed E-state index contributed by atoms with van der Waals surface area (Å²) in [5.74, 6) is 0.147. The minimum atomic E-state index is 0.147. The van der Waals surface area contributed by atoms with E-state index in [1.807, 2.05) is 35.5 Å². The molecule has 2 aromatic heterocycles. The van der Waals surface area contributed by atoms with Crippen LogP contribution >= 0.6 is 27.3 Å². The molecule has 2 heterocycles. The quantitative estimate of drug-likeness (QED) is 0.792. The summed E-state index contributed by atoms with van der Waals surface area (Å²) in [5, 5.41) is 1.92. The second kappa shape index (κ2) is 6.22. The summed E-state index contributed by atoms with van der Waals surface area (Å²) in [5.41, 5.74) is 1.16. The van der Waals surface area contributed by atoms with E-state index in [1.165, 1.54) is 11.3 Å². The van der Waals surface area contributed by atoms with Crippen molar-refractivity contribution < 1.29 is 4.79 Å². The fraction of sp³-hybridized carbons (Fsp3) is 0.231. The summed E-state index contributed by atoms with van der Waals surface area (Å²) in [7, 11) is 1.94. The van der Waals surface area contributed by atoms with Crippen LogP contribution in [0, 0.1) is 0 Å². The van der Waals surface area contributed by atoms with E-state index in [-0.39, 0.29) is 5.78 Å². The zero-order chi connectivity index (χ0) is 13.0. The Morgan fingerprint density at radius 2 is 2.11 bits per heavy atom. The Kier molecular flexibility index (Phi) is 4.63. The summed E-state index contributed by atoms with van der Waals surface area (Å²) >= 11 is 4.86. The molecule has 0 saturated carbocycles. The normalized spacial score (nSPS) is 10.8. The zero-order valence-corrected chi connectivity index (χ0v) is 12.4. The third kappa shape index (κ3) is 3.48. The van der Waals surface area contributed by atoms with Gasteiger partial charge in [0.05, 0.1) is 11.4 Å². The first-order valence-corrected chi connectivity index (χ1v) is 7.17. The van der Waals surface area contributed by atoms with Gasteiger partial charge in [0.2, 0.25) is 0 Å². The van der Waals surface area contributed by atoms with Crippen molar-refractivity contribution in [2.24, 2.45) is 0 Å². The second-order valence-corrected chi connectivity index (χ2v) is 5.82. The van der Waals surface area contributed by atoms with Crippen LogP contribution in [0.1, 0.15) is 15.2 Å². The monoisotopic (exact) mass is 324 g/mol. The maximum absolute atomic E-state index is 12.1. The van der Waals surface area contributed by atoms with Crippen LogP contribution in [0.25, 0.3) is 0 Å². The molecule has 0 atom stereocenters. The highest BCUT2D eigenvalue weighted by Gasteiger charge is 2.13. The standard InChI is InChI=1S/C13H13BrN2OS/c1-16(8-10-2-5-15-6-3-10)9-12(17)13-11(14)4-7-18-13/h2-7H,8-9H2,1H3. The fourth-order valence-electron chi connectivity index (χ4n) is 1.67. The van der Waals surface area contributed by atoms with Gasteiger partial charge in [0.15, 0.2) is 5.78 Å². The number of Topliss-reactive ketones (excluding diaryl/α,β-unsaturated/α-hetero) is 1. The van der Waals surface area contributed by atoms with E-state index in [4.69, 9.17) is 0 Å². The van der Waals surface area contributed by atoms with Crippen molar-refractivity contribution in [1.82, 2.24) is 9.88 Å². The molecule has 0 spiro atoms. The molecule has 2 rings (SSSR count). The van der Waals surface area contributed by atoms with Gasteiger partial charge in [-0.1, -0.05) is 0 Å². The molecule has 0 unspecified atom stereocenters. The van der Waals surface area contributed by atoms with Crippen LogP contribution in [0.2, 0.25) is 0 Å². The molecule has 0 aliphatic rings. The summed E-state index contributed by atoms with van der Waals surface area (Å²) in [6.07, 6.45) is 3.53. The Balaban J connectivity index is 1.94. The third-order valence-corrected chi connectivity index (χ3v) is 4.36. The lowest BCUT2D eigenvalue weighted by Crippen LogP contribution is -2.25. The first-order valence-electron chi connectivity index (χ1n) is 5.50. The van der Waals surface area contributed by atoms with Crippen molar-refractivity contribution in [1.29, 1.82) is 0 Å². The van der Waals surface area contributed by atoms with Crippen molar-refractivity contribution in [2.45, 2.75) is 6.54 Å². The number of nitrogens with zero attached hydrogens (tertiary/aromatic N) is 2. The highest BCUT2D eigenvalue weighted by molar-refractivity contribution is 9.10. The molecule has 0 radical (unpaired) electrons. The maximum Gasteiger partial charge on any atom is 0.187 e. The lowest BCUT2D eigenvalue weighted by molar-refractivity contribution is 0.0946. The number of hydrogen-bond donors (Lipinski definition) is 0. The van der Waals surface area contributed by atoms with Crippen LogP contribution in [0.4, 0.5) is 0 Å². The van der Waals surface area contributed by atoms with Crippen LogP contribution in [0.15, 0.2) is 40.4 Å². The van der Waals surface area contributed by atoms with Gasteiger partial charge in [0, 0.05) is 23.4 Å². The van der Waals surface area contributed by atoms with Gasteiger partial charge in [-0.05, 0) is 52.1 Å². The number of rotatable bonds is 5. The van der Waals surface area contributed by atoms with Crippen molar-refractivity contribution in [2.75, 3.05) is 13.6 Å². The van der Waals surface area contributed by atoms with Crippen LogP contribution in [-0.4, -0.2) is 29.3 Å². The number of aromatic nitrogens is 1. The Morgan fingerprint density at radius 3 is 2.72 bits per heavy atom. The topological polar surface area (TPSA) is 33.2 Å². The molecule has 5 heteroatoms. The second-order valence-electron chi connectivity index (χ2n) is 4.05. The van der Waals surface area contributed by atoms with Crippen LogP contribution in [0.3, 0.4) is 0 Å². The largest absolute Gasteiger partial charge is 0.295 e. The summed E-state index contributed by atoms with van der Waals surface area (Å²) in [6.45, 7) is 1.17. The average Bonchev–Trinajstić information content (AvgIpc) is 2.76. The first kappa shape index (κ1) is 13.4. The summed E-state index contributed by atoms with van der Waals surface area (Å²) in [4.78, 5) is 18.8. The van der Waals surface area contributed by atoms with E-state index in [0.29, 0.717) is 6.54 Å². The minimum absolute atomic E-state index is 0.147. The number of thiophene rings is 1. The maximum atomic E-state index is 12.1. The van der Waals surface area contributed by atoms with Gasteiger partial charge in [-0.15, -0.1) is 11.3 Å². The Morgan fingerprint density at radius 1 is 1.39 bits per heavy atom. The molecular weight excluding hydrogens is 312 g/mol. The lowest BCUT2D eigenvalue weighted by Gasteiger charge is -2.15. The predicted octanol–water partition coefficient (Wildman–Crippen LogP) is 3.22. The molecule has 0 bridgehead atoms. The molecule has 0 aliphatic carbocycles. The number of pyridine rings is 1. The van der Waals surface area contributed by atoms with E-state index in [9.17, 15) is 4.79 Å². The van der Waals surface area contributed by atoms with E-state index in [0.717, 1.165) is 21.5 Å². The number of likely N-dealkylation sites (N-methyl/N-ethyl adjacent to an activating group) is 1.